The predicted molar refractivity (Wildman–Crippen MR) is 126 cm³/mol. The molecule has 0 saturated heterocycles. The third-order valence-corrected chi connectivity index (χ3v) is 7.18. The van der Waals surface area contributed by atoms with E-state index in [1.54, 1.807) is 18.2 Å². The zero-order valence-corrected chi connectivity index (χ0v) is 20.7. The Morgan fingerprint density at radius 1 is 0.971 bits per heavy atom. The van der Waals surface area contributed by atoms with Crippen molar-refractivity contribution in [3.05, 3.63) is 63.9 Å². The molecule has 1 heterocycles. The largest absolute Gasteiger partial charge is 0.497 e. The van der Waals surface area contributed by atoms with Crippen molar-refractivity contribution in [2.24, 2.45) is 0 Å². The fraction of sp³-hybridized carbons (Fsp3) is 0.174. The van der Waals surface area contributed by atoms with Crippen molar-refractivity contribution in [3.63, 3.8) is 0 Å². The summed E-state index contributed by atoms with van der Waals surface area (Å²) in [5, 5.41) is 0. The summed E-state index contributed by atoms with van der Waals surface area (Å²) >= 11 is 3.24. The number of hydrogen-bond donors (Lipinski definition) is 1. The molecule has 3 aromatic rings. The summed E-state index contributed by atoms with van der Waals surface area (Å²) in [5.74, 6) is -1.40. The SMILES string of the molecule is COc1ccc2c(c1)-c1cc(F)c(OC)c(c1)NS(=O)(=O)c1cc(cc(Br)c1OC)C(=O)OC2. The molecular formula is C23H19BrFNO7S. The van der Waals surface area contributed by atoms with Gasteiger partial charge in [0.05, 0.1) is 37.1 Å². The summed E-state index contributed by atoms with van der Waals surface area (Å²) in [6.45, 7) is -0.152. The average molecular weight is 552 g/mol. The Labute approximate surface area is 203 Å². The van der Waals surface area contributed by atoms with E-state index in [1.165, 1.54) is 39.5 Å². The van der Waals surface area contributed by atoms with Crippen LogP contribution >= 0.6 is 15.9 Å². The zero-order chi connectivity index (χ0) is 24.6. The first kappa shape index (κ1) is 23.8. The number of ether oxygens (including phenoxy) is 4. The summed E-state index contributed by atoms with van der Waals surface area (Å²) in [5.41, 5.74) is 1.20. The lowest BCUT2D eigenvalue weighted by Gasteiger charge is -2.17. The monoisotopic (exact) mass is 551 g/mol. The molecule has 1 N–H and O–H groups in total. The Morgan fingerprint density at radius 3 is 2.38 bits per heavy atom. The second-order valence-electron chi connectivity index (χ2n) is 7.23. The summed E-state index contributed by atoms with van der Waals surface area (Å²) in [4.78, 5) is 12.5. The molecule has 0 unspecified atom stereocenters. The summed E-state index contributed by atoms with van der Waals surface area (Å²) < 4.78 is 65.5. The van der Waals surface area contributed by atoms with Crippen LogP contribution in [0, 0.1) is 5.82 Å². The van der Waals surface area contributed by atoms with Gasteiger partial charge in [-0.15, -0.1) is 0 Å². The fourth-order valence-electron chi connectivity index (χ4n) is 3.62. The van der Waals surface area contributed by atoms with Crippen LogP contribution in [0.5, 0.6) is 17.2 Å². The summed E-state index contributed by atoms with van der Waals surface area (Å²) in [6.07, 6.45) is 0. The van der Waals surface area contributed by atoms with E-state index in [-0.39, 0.29) is 38.7 Å². The van der Waals surface area contributed by atoms with Crippen molar-refractivity contribution in [1.82, 2.24) is 0 Å². The number of carbonyl (C=O) groups is 1. The number of methoxy groups -OCH3 is 3. The van der Waals surface area contributed by atoms with E-state index >= 15 is 4.39 Å². The number of nitrogens with one attached hydrogen (secondary N) is 1. The van der Waals surface area contributed by atoms with Gasteiger partial charge in [0.2, 0.25) is 0 Å². The van der Waals surface area contributed by atoms with Crippen molar-refractivity contribution in [1.29, 1.82) is 0 Å². The molecule has 0 aliphatic carbocycles. The number of sulfonamides is 1. The van der Waals surface area contributed by atoms with Gasteiger partial charge in [-0.3, -0.25) is 4.72 Å². The Bertz CT molecular complexity index is 1410. The third kappa shape index (κ3) is 4.28. The Balaban J connectivity index is 2.04. The van der Waals surface area contributed by atoms with Gasteiger partial charge in [0.25, 0.3) is 10.0 Å². The number of halogens is 2. The maximum absolute atomic E-state index is 15.0. The van der Waals surface area contributed by atoms with E-state index in [1.807, 2.05) is 0 Å². The van der Waals surface area contributed by atoms with Crippen molar-refractivity contribution >= 4 is 37.6 Å². The molecule has 0 amide bonds. The minimum atomic E-state index is -4.37. The van der Waals surface area contributed by atoms with Gasteiger partial charge in [0.1, 0.15) is 17.3 Å². The molecule has 11 heteroatoms. The highest BCUT2D eigenvalue weighted by Gasteiger charge is 2.28. The molecule has 4 bridgehead atoms. The van der Waals surface area contributed by atoms with Crippen LogP contribution < -0.4 is 18.9 Å². The quantitative estimate of drug-likeness (QED) is 0.468. The van der Waals surface area contributed by atoms with Crippen LogP contribution in [0.4, 0.5) is 10.1 Å². The molecule has 0 radical (unpaired) electrons. The number of fused-ring (bicyclic) bond motifs is 6. The molecule has 0 aromatic heterocycles. The van der Waals surface area contributed by atoms with E-state index in [2.05, 4.69) is 20.7 Å². The van der Waals surface area contributed by atoms with E-state index in [0.29, 0.717) is 22.4 Å². The van der Waals surface area contributed by atoms with Crippen LogP contribution in [-0.2, 0) is 21.4 Å². The highest BCUT2D eigenvalue weighted by Crippen LogP contribution is 2.40. The van der Waals surface area contributed by atoms with E-state index in [0.717, 1.165) is 6.07 Å². The van der Waals surface area contributed by atoms with Gasteiger partial charge in [-0.25, -0.2) is 17.6 Å². The van der Waals surface area contributed by atoms with Gasteiger partial charge in [0, 0.05) is 0 Å². The minimum absolute atomic E-state index is 0.0211. The Kier molecular flexibility index (Phi) is 6.41. The number of benzene rings is 3. The smallest absolute Gasteiger partial charge is 0.338 e. The maximum atomic E-state index is 15.0. The zero-order valence-electron chi connectivity index (χ0n) is 18.3. The molecule has 0 fully saturated rings. The molecule has 3 aromatic carbocycles. The lowest BCUT2D eigenvalue weighted by Crippen LogP contribution is -2.16. The average Bonchev–Trinajstić information content (AvgIpc) is 2.81. The molecule has 0 atom stereocenters. The molecule has 0 saturated carbocycles. The molecule has 1 aliphatic heterocycles. The molecule has 0 spiro atoms. The first-order valence-corrected chi connectivity index (χ1v) is 12.1. The molecular weight excluding hydrogens is 533 g/mol. The number of carbonyl (C=O) groups excluding carboxylic acids is 1. The van der Waals surface area contributed by atoms with Gasteiger partial charge in [-0.2, -0.15) is 0 Å². The van der Waals surface area contributed by atoms with E-state index < -0.39 is 21.8 Å². The van der Waals surface area contributed by atoms with Crippen molar-refractivity contribution in [2.45, 2.75) is 11.5 Å². The van der Waals surface area contributed by atoms with Gasteiger partial charge in [0.15, 0.2) is 17.3 Å². The predicted octanol–water partition coefficient (Wildman–Crippen LogP) is 4.75. The molecule has 4 rings (SSSR count). The minimum Gasteiger partial charge on any atom is -0.497 e. The molecule has 178 valence electrons. The Morgan fingerprint density at radius 2 is 1.71 bits per heavy atom. The van der Waals surface area contributed by atoms with Crippen molar-refractivity contribution < 1.29 is 36.6 Å². The highest BCUT2D eigenvalue weighted by atomic mass is 79.9. The fourth-order valence-corrected chi connectivity index (χ4v) is 5.64. The normalized spacial score (nSPS) is 14.3. The lowest BCUT2D eigenvalue weighted by molar-refractivity contribution is 0.0473. The van der Waals surface area contributed by atoms with Crippen molar-refractivity contribution in [3.8, 4) is 28.4 Å². The lowest BCUT2D eigenvalue weighted by atomic mass is 9.98. The maximum Gasteiger partial charge on any atom is 0.338 e. The van der Waals surface area contributed by atoms with Crippen LogP contribution in [-0.4, -0.2) is 35.7 Å². The number of esters is 1. The molecule has 8 nitrogen and oxygen atoms in total. The van der Waals surface area contributed by atoms with Crippen LogP contribution in [0.15, 0.2) is 51.8 Å². The third-order valence-electron chi connectivity index (χ3n) is 5.22. The van der Waals surface area contributed by atoms with Gasteiger partial charge in [-0.05, 0) is 69.0 Å². The summed E-state index contributed by atoms with van der Waals surface area (Å²) in [6, 6.07) is 10.2. The number of cyclic esters (lactones) is 1. The molecule has 34 heavy (non-hydrogen) atoms. The first-order valence-electron chi connectivity index (χ1n) is 9.80. The first-order chi connectivity index (χ1) is 16.2. The van der Waals surface area contributed by atoms with E-state index in [4.69, 9.17) is 18.9 Å². The number of rotatable bonds is 3. The van der Waals surface area contributed by atoms with Crippen molar-refractivity contribution in [2.75, 3.05) is 26.1 Å². The van der Waals surface area contributed by atoms with Crippen LogP contribution in [0.2, 0.25) is 0 Å². The molecule has 1 aliphatic rings. The van der Waals surface area contributed by atoms with Gasteiger partial charge in [-0.1, -0.05) is 6.07 Å². The van der Waals surface area contributed by atoms with Crippen LogP contribution in [0.1, 0.15) is 15.9 Å². The van der Waals surface area contributed by atoms with Crippen LogP contribution in [0.25, 0.3) is 11.1 Å². The van der Waals surface area contributed by atoms with E-state index in [9.17, 15) is 13.2 Å². The second-order valence-corrected chi connectivity index (χ2v) is 9.74. The van der Waals surface area contributed by atoms with Crippen LogP contribution in [0.3, 0.4) is 0 Å². The number of anilines is 1. The Hall–Kier alpha value is -3.31. The highest BCUT2D eigenvalue weighted by molar-refractivity contribution is 9.10. The standard InChI is InChI=1S/C23H19BrFNO7S/c1-30-15-5-4-12-11-33-23(27)14-6-17(24)21(31-2)20(9-14)34(28,29)26-19-8-13(16(12)10-15)7-18(25)22(19)32-3/h4-10,26H,11H2,1-3H3. The van der Waals surface area contributed by atoms with Gasteiger partial charge < -0.3 is 18.9 Å². The topological polar surface area (TPSA) is 100 Å². The second kappa shape index (κ2) is 9.15. The van der Waals surface area contributed by atoms with Gasteiger partial charge >= 0.3 is 5.97 Å². The number of hydrogen-bond acceptors (Lipinski definition) is 7. The summed E-state index contributed by atoms with van der Waals surface area (Å²) in [7, 11) is -0.376.